The van der Waals surface area contributed by atoms with E-state index >= 15 is 0 Å². The number of benzene rings is 2. The molecule has 3 heterocycles. The van der Waals surface area contributed by atoms with E-state index in [0.29, 0.717) is 5.56 Å². The fourth-order valence-electron chi connectivity index (χ4n) is 5.26. The van der Waals surface area contributed by atoms with E-state index in [1.807, 2.05) is 66.2 Å². The second-order valence-electron chi connectivity index (χ2n) is 9.11. The third-order valence-electron chi connectivity index (χ3n) is 6.96. The molecule has 0 N–H and O–H groups in total. The van der Waals surface area contributed by atoms with Crippen molar-refractivity contribution < 1.29 is 9.53 Å². The SMILES string of the molecule is COc1cc(/C=C2\CC[C@H]3CCC[C@@H](c4ccc(C#N)cc4)N3C2=O)ccc1-n1cnc(C)c1. The summed E-state index contributed by atoms with van der Waals surface area (Å²) >= 11 is 0. The van der Waals surface area contributed by atoms with Gasteiger partial charge in [0.25, 0.3) is 5.91 Å². The molecular weight excluding hydrogens is 424 g/mol. The molecule has 2 aliphatic rings. The Balaban J connectivity index is 1.44. The topological polar surface area (TPSA) is 71.2 Å². The van der Waals surface area contributed by atoms with Crippen molar-refractivity contribution in [3.8, 4) is 17.5 Å². The number of imidazole rings is 1. The van der Waals surface area contributed by atoms with Gasteiger partial charge in [0.2, 0.25) is 0 Å². The zero-order valence-corrected chi connectivity index (χ0v) is 19.6. The smallest absolute Gasteiger partial charge is 0.250 e. The van der Waals surface area contributed by atoms with E-state index in [0.717, 1.165) is 65.9 Å². The predicted octanol–water partition coefficient (Wildman–Crippen LogP) is 5.36. The summed E-state index contributed by atoms with van der Waals surface area (Å²) in [6.45, 7) is 1.95. The molecule has 0 unspecified atom stereocenters. The third kappa shape index (κ3) is 4.10. The van der Waals surface area contributed by atoms with Gasteiger partial charge in [-0.25, -0.2) is 4.98 Å². The summed E-state index contributed by atoms with van der Waals surface area (Å²) < 4.78 is 7.59. The molecule has 34 heavy (non-hydrogen) atoms. The standard InChI is InChI=1S/C28H28N4O2/c1-19-17-31(18-30-19)26-13-8-21(15-27(26)34-2)14-23-11-12-24-4-3-5-25(32(24)28(23)33)22-9-6-20(16-29)7-10-22/h6-10,13-15,17-18,24-25H,3-5,11-12H2,1-2H3/b23-14+/t24-,25+/m1/s1. The average Bonchev–Trinajstić information content (AvgIpc) is 3.31. The Hall–Kier alpha value is -3.85. The molecule has 172 valence electrons. The van der Waals surface area contributed by atoms with Crippen LogP contribution >= 0.6 is 0 Å². The fraction of sp³-hybridized carbons (Fsp3) is 0.321. The van der Waals surface area contributed by atoms with Crippen LogP contribution in [0.5, 0.6) is 5.75 Å². The zero-order chi connectivity index (χ0) is 23.7. The largest absolute Gasteiger partial charge is 0.495 e. The third-order valence-corrected chi connectivity index (χ3v) is 6.96. The minimum Gasteiger partial charge on any atom is -0.495 e. The molecule has 1 aromatic heterocycles. The molecule has 0 aliphatic carbocycles. The Kier molecular flexibility index (Phi) is 5.93. The molecule has 5 rings (SSSR count). The van der Waals surface area contributed by atoms with E-state index < -0.39 is 0 Å². The van der Waals surface area contributed by atoms with Crippen LogP contribution in [0.1, 0.15) is 60.5 Å². The van der Waals surface area contributed by atoms with Crippen molar-refractivity contribution in [3.63, 3.8) is 0 Å². The van der Waals surface area contributed by atoms with Gasteiger partial charge in [-0.3, -0.25) is 4.79 Å². The number of carbonyl (C=O) groups is 1. The molecule has 0 spiro atoms. The van der Waals surface area contributed by atoms with Crippen LogP contribution in [0.15, 0.2) is 60.6 Å². The minimum atomic E-state index is 0.0593. The van der Waals surface area contributed by atoms with E-state index in [1.165, 1.54) is 0 Å². The number of ether oxygens (including phenoxy) is 1. The van der Waals surface area contributed by atoms with Crippen LogP contribution < -0.4 is 4.74 Å². The van der Waals surface area contributed by atoms with E-state index in [9.17, 15) is 4.79 Å². The maximum atomic E-state index is 13.7. The normalized spacial score (nSPS) is 21.3. The fourth-order valence-corrected chi connectivity index (χ4v) is 5.26. The lowest BCUT2D eigenvalue weighted by atomic mass is 9.83. The number of nitrogens with zero attached hydrogens (tertiary/aromatic N) is 4. The van der Waals surface area contributed by atoms with Gasteiger partial charge in [0.1, 0.15) is 5.75 Å². The van der Waals surface area contributed by atoms with Crippen LogP contribution in [0.25, 0.3) is 11.8 Å². The maximum Gasteiger partial charge on any atom is 0.250 e. The highest BCUT2D eigenvalue weighted by atomic mass is 16.5. The lowest BCUT2D eigenvalue weighted by Crippen LogP contribution is -2.49. The van der Waals surface area contributed by atoms with Gasteiger partial charge < -0.3 is 14.2 Å². The first-order valence-electron chi connectivity index (χ1n) is 11.8. The van der Waals surface area contributed by atoms with Gasteiger partial charge in [-0.15, -0.1) is 0 Å². The summed E-state index contributed by atoms with van der Waals surface area (Å²) in [5, 5.41) is 9.13. The monoisotopic (exact) mass is 452 g/mol. The molecule has 2 fully saturated rings. The van der Waals surface area contributed by atoms with Gasteiger partial charge >= 0.3 is 0 Å². The van der Waals surface area contributed by atoms with Crippen LogP contribution in [0.4, 0.5) is 0 Å². The zero-order valence-electron chi connectivity index (χ0n) is 19.6. The Bertz CT molecular complexity index is 1280. The lowest BCUT2D eigenvalue weighted by molar-refractivity contribution is -0.136. The van der Waals surface area contributed by atoms with Gasteiger partial charge in [0, 0.05) is 17.8 Å². The van der Waals surface area contributed by atoms with E-state index in [1.54, 1.807) is 13.4 Å². The number of hydrogen-bond donors (Lipinski definition) is 0. The quantitative estimate of drug-likeness (QED) is 0.500. The van der Waals surface area contributed by atoms with Crippen LogP contribution in [0, 0.1) is 18.3 Å². The number of nitriles is 1. The van der Waals surface area contributed by atoms with Crippen molar-refractivity contribution >= 4 is 12.0 Å². The molecule has 0 bridgehead atoms. The minimum absolute atomic E-state index is 0.0593. The molecule has 2 saturated heterocycles. The highest BCUT2D eigenvalue weighted by molar-refractivity contribution is 5.99. The molecule has 2 aromatic carbocycles. The highest BCUT2D eigenvalue weighted by Gasteiger charge is 2.39. The summed E-state index contributed by atoms with van der Waals surface area (Å²) in [7, 11) is 1.66. The van der Waals surface area contributed by atoms with E-state index in [-0.39, 0.29) is 18.0 Å². The lowest BCUT2D eigenvalue weighted by Gasteiger charge is -2.46. The Morgan fingerprint density at radius 1 is 1.15 bits per heavy atom. The van der Waals surface area contributed by atoms with Gasteiger partial charge in [0.15, 0.2) is 0 Å². The molecule has 2 atom stereocenters. The molecule has 0 saturated carbocycles. The summed E-state index contributed by atoms with van der Waals surface area (Å²) in [5.74, 6) is 0.861. The summed E-state index contributed by atoms with van der Waals surface area (Å²) in [4.78, 5) is 20.1. The van der Waals surface area contributed by atoms with Crippen LogP contribution in [0.2, 0.25) is 0 Å². The summed E-state index contributed by atoms with van der Waals surface area (Å²) in [6, 6.07) is 16.2. The van der Waals surface area contributed by atoms with Crippen molar-refractivity contribution in [1.82, 2.24) is 14.5 Å². The molecule has 6 nitrogen and oxygen atoms in total. The molecule has 1 amide bonds. The second-order valence-corrected chi connectivity index (χ2v) is 9.11. The number of methoxy groups -OCH3 is 1. The summed E-state index contributed by atoms with van der Waals surface area (Å²) in [6.07, 6.45) is 10.6. The first-order chi connectivity index (χ1) is 16.6. The Labute approximate surface area is 200 Å². The van der Waals surface area contributed by atoms with Gasteiger partial charge in [-0.05, 0) is 80.5 Å². The maximum absolute atomic E-state index is 13.7. The number of amides is 1. The van der Waals surface area contributed by atoms with Crippen LogP contribution in [0.3, 0.4) is 0 Å². The number of aryl methyl sites for hydroxylation is 1. The molecule has 2 aliphatic heterocycles. The van der Waals surface area contributed by atoms with E-state index in [4.69, 9.17) is 10.00 Å². The molecule has 0 radical (unpaired) electrons. The Morgan fingerprint density at radius 2 is 1.97 bits per heavy atom. The molecule has 3 aromatic rings. The van der Waals surface area contributed by atoms with Crippen LogP contribution in [-0.2, 0) is 4.79 Å². The predicted molar refractivity (Wildman–Crippen MR) is 130 cm³/mol. The number of hydrogen-bond acceptors (Lipinski definition) is 4. The molecular formula is C28H28N4O2. The number of fused-ring (bicyclic) bond motifs is 1. The van der Waals surface area contributed by atoms with E-state index in [2.05, 4.69) is 16.0 Å². The second kappa shape index (κ2) is 9.18. The highest BCUT2D eigenvalue weighted by Crippen LogP contribution is 2.41. The number of rotatable bonds is 4. The number of carbonyl (C=O) groups excluding carboxylic acids is 1. The van der Waals surface area contributed by atoms with Crippen molar-refractivity contribution in [3.05, 3.63) is 82.9 Å². The van der Waals surface area contributed by atoms with Crippen molar-refractivity contribution in [2.45, 2.75) is 51.1 Å². The Morgan fingerprint density at radius 3 is 2.68 bits per heavy atom. The number of piperidine rings is 2. The van der Waals surface area contributed by atoms with Crippen molar-refractivity contribution in [2.24, 2.45) is 0 Å². The first kappa shape index (κ1) is 22.0. The molecule has 6 heteroatoms. The van der Waals surface area contributed by atoms with Gasteiger partial charge in [0.05, 0.1) is 42.5 Å². The summed E-state index contributed by atoms with van der Waals surface area (Å²) in [5.41, 5.74) is 5.40. The van der Waals surface area contributed by atoms with Crippen molar-refractivity contribution in [2.75, 3.05) is 7.11 Å². The van der Waals surface area contributed by atoms with Crippen LogP contribution in [-0.4, -0.2) is 33.5 Å². The van der Waals surface area contributed by atoms with Gasteiger partial charge in [-0.2, -0.15) is 5.26 Å². The van der Waals surface area contributed by atoms with Crippen molar-refractivity contribution in [1.29, 1.82) is 5.26 Å². The van der Waals surface area contributed by atoms with Gasteiger partial charge in [-0.1, -0.05) is 18.2 Å². The number of aromatic nitrogens is 2. The first-order valence-corrected chi connectivity index (χ1v) is 11.8. The average molecular weight is 453 g/mol.